The summed E-state index contributed by atoms with van der Waals surface area (Å²) in [5.74, 6) is 0.0136. The van der Waals surface area contributed by atoms with Gasteiger partial charge in [-0.15, -0.1) is 0 Å². The predicted octanol–water partition coefficient (Wildman–Crippen LogP) is 3.92. The Morgan fingerprint density at radius 2 is 1.95 bits per heavy atom. The summed E-state index contributed by atoms with van der Waals surface area (Å²) < 4.78 is 1.06. The number of phenolic OH excluding ortho intramolecular Hbond substituents is 1. The lowest BCUT2D eigenvalue weighted by Crippen LogP contribution is -2.33. The van der Waals surface area contributed by atoms with Crippen LogP contribution in [-0.2, 0) is 4.79 Å². The van der Waals surface area contributed by atoms with E-state index in [1.807, 2.05) is 6.92 Å². The second-order valence-electron chi connectivity index (χ2n) is 3.89. The standard InChI is InChI=1S/C12H14Br2N2O2S/c1-2-3-4-10(17)16-12(19)15-7-5-8(13)11(18)9(14)6-7/h5-6,18H,2-4H2,1H3,(H2,15,16,17,19). The summed E-state index contributed by atoms with van der Waals surface area (Å²) in [4.78, 5) is 11.5. The number of rotatable bonds is 4. The smallest absolute Gasteiger partial charge is 0.226 e. The van der Waals surface area contributed by atoms with Crippen LogP contribution in [0.2, 0.25) is 0 Å². The van der Waals surface area contributed by atoms with Gasteiger partial charge in [-0.3, -0.25) is 4.79 Å². The lowest BCUT2D eigenvalue weighted by Gasteiger charge is -2.11. The number of unbranched alkanes of at least 4 members (excludes halogenated alkanes) is 1. The number of carbonyl (C=O) groups excluding carboxylic acids is 1. The van der Waals surface area contributed by atoms with Gasteiger partial charge in [0.1, 0.15) is 5.75 Å². The molecule has 1 rings (SSSR count). The minimum absolute atomic E-state index is 0.101. The first-order valence-electron chi connectivity index (χ1n) is 5.73. The van der Waals surface area contributed by atoms with Gasteiger partial charge < -0.3 is 15.7 Å². The van der Waals surface area contributed by atoms with Crippen LogP contribution in [0, 0.1) is 0 Å². The molecule has 0 bridgehead atoms. The van der Waals surface area contributed by atoms with Gasteiger partial charge in [0.15, 0.2) is 5.11 Å². The first-order valence-corrected chi connectivity index (χ1v) is 7.72. The van der Waals surface area contributed by atoms with Gasteiger partial charge in [-0.1, -0.05) is 13.3 Å². The van der Waals surface area contributed by atoms with Gasteiger partial charge in [0, 0.05) is 12.1 Å². The van der Waals surface area contributed by atoms with E-state index in [-0.39, 0.29) is 16.8 Å². The fourth-order valence-electron chi connectivity index (χ4n) is 1.33. The molecule has 4 nitrogen and oxygen atoms in total. The van der Waals surface area contributed by atoms with E-state index in [1.54, 1.807) is 12.1 Å². The second-order valence-corrected chi connectivity index (χ2v) is 6.01. The molecule has 0 aliphatic rings. The maximum Gasteiger partial charge on any atom is 0.226 e. The average Bonchev–Trinajstić information content (AvgIpc) is 2.33. The average molecular weight is 410 g/mol. The van der Waals surface area contributed by atoms with E-state index in [1.165, 1.54) is 0 Å². The number of hydrogen-bond donors (Lipinski definition) is 3. The van der Waals surface area contributed by atoms with Crippen molar-refractivity contribution in [2.24, 2.45) is 0 Å². The van der Waals surface area contributed by atoms with Crippen molar-refractivity contribution >= 4 is 60.8 Å². The first-order chi connectivity index (χ1) is 8.93. The summed E-state index contributed by atoms with van der Waals surface area (Å²) in [6.45, 7) is 2.02. The Morgan fingerprint density at radius 1 is 1.37 bits per heavy atom. The van der Waals surface area contributed by atoms with E-state index in [0.717, 1.165) is 12.8 Å². The monoisotopic (exact) mass is 408 g/mol. The van der Waals surface area contributed by atoms with E-state index in [9.17, 15) is 9.90 Å². The zero-order valence-corrected chi connectivity index (χ0v) is 14.3. The Bertz CT molecular complexity index is 472. The van der Waals surface area contributed by atoms with Gasteiger partial charge in [0.2, 0.25) is 5.91 Å². The van der Waals surface area contributed by atoms with Gasteiger partial charge in [-0.2, -0.15) is 0 Å². The van der Waals surface area contributed by atoms with Crippen molar-refractivity contribution in [1.82, 2.24) is 5.32 Å². The summed E-state index contributed by atoms with van der Waals surface area (Å²) in [5.41, 5.74) is 0.664. The molecular weight excluding hydrogens is 396 g/mol. The molecule has 0 fully saturated rings. The van der Waals surface area contributed by atoms with Crippen LogP contribution >= 0.6 is 44.1 Å². The maximum absolute atomic E-state index is 11.5. The molecule has 0 unspecified atom stereocenters. The summed E-state index contributed by atoms with van der Waals surface area (Å²) in [6.07, 6.45) is 2.26. The van der Waals surface area contributed by atoms with Crippen molar-refractivity contribution in [1.29, 1.82) is 0 Å². The normalized spacial score (nSPS) is 10.1. The number of carbonyl (C=O) groups is 1. The zero-order valence-electron chi connectivity index (χ0n) is 10.3. The molecule has 0 aliphatic heterocycles. The highest BCUT2D eigenvalue weighted by molar-refractivity contribution is 9.11. The number of thiocarbonyl (C=S) groups is 1. The van der Waals surface area contributed by atoms with Crippen LogP contribution in [0.3, 0.4) is 0 Å². The SMILES string of the molecule is CCCCC(=O)NC(=S)Nc1cc(Br)c(O)c(Br)c1. The number of benzene rings is 1. The first kappa shape index (κ1) is 16.4. The van der Waals surface area contributed by atoms with Gasteiger partial charge in [-0.25, -0.2) is 0 Å². The molecule has 7 heteroatoms. The highest BCUT2D eigenvalue weighted by atomic mass is 79.9. The van der Waals surface area contributed by atoms with E-state index >= 15 is 0 Å². The topological polar surface area (TPSA) is 61.4 Å². The Kier molecular flexibility index (Phi) is 6.74. The molecule has 1 aromatic carbocycles. The number of aromatic hydroxyl groups is 1. The molecular formula is C12H14Br2N2O2S. The Hall–Kier alpha value is -0.660. The van der Waals surface area contributed by atoms with Crippen molar-refractivity contribution in [2.75, 3.05) is 5.32 Å². The minimum atomic E-state index is -0.101. The molecule has 0 saturated carbocycles. The third kappa shape index (κ3) is 5.46. The zero-order chi connectivity index (χ0) is 14.4. The Balaban J connectivity index is 2.60. The van der Waals surface area contributed by atoms with Crippen LogP contribution in [0.15, 0.2) is 21.1 Å². The van der Waals surface area contributed by atoms with E-state index in [0.29, 0.717) is 21.1 Å². The number of hydrogen-bond acceptors (Lipinski definition) is 3. The molecule has 0 radical (unpaired) electrons. The van der Waals surface area contributed by atoms with E-state index < -0.39 is 0 Å². The molecule has 0 atom stereocenters. The highest BCUT2D eigenvalue weighted by Crippen LogP contribution is 2.35. The summed E-state index contributed by atoms with van der Waals surface area (Å²) >= 11 is 11.5. The molecule has 0 aromatic heterocycles. The predicted molar refractivity (Wildman–Crippen MR) is 87.4 cm³/mol. The number of nitrogens with one attached hydrogen (secondary N) is 2. The highest BCUT2D eigenvalue weighted by Gasteiger charge is 2.08. The minimum Gasteiger partial charge on any atom is -0.506 e. The third-order valence-electron chi connectivity index (χ3n) is 2.29. The number of phenols is 1. The molecule has 1 aromatic rings. The summed E-state index contributed by atoms with van der Waals surface area (Å²) in [6, 6.07) is 3.34. The molecule has 3 N–H and O–H groups in total. The van der Waals surface area contributed by atoms with Gasteiger partial charge in [-0.05, 0) is 62.6 Å². The quantitative estimate of drug-likeness (QED) is 0.521. The van der Waals surface area contributed by atoms with Crippen LogP contribution in [0.25, 0.3) is 0 Å². The second kappa shape index (κ2) is 7.81. The fourth-order valence-corrected chi connectivity index (χ4v) is 2.74. The number of anilines is 1. The molecule has 0 spiro atoms. The number of amides is 1. The van der Waals surface area contributed by atoms with Gasteiger partial charge >= 0.3 is 0 Å². The molecule has 0 aliphatic carbocycles. The van der Waals surface area contributed by atoms with Crippen LogP contribution in [-0.4, -0.2) is 16.1 Å². The number of halogens is 2. The molecule has 0 saturated heterocycles. The Labute approximate surface area is 134 Å². The van der Waals surface area contributed by atoms with Crippen LogP contribution < -0.4 is 10.6 Å². The van der Waals surface area contributed by atoms with Crippen molar-refractivity contribution < 1.29 is 9.90 Å². The molecule has 0 heterocycles. The molecule has 19 heavy (non-hydrogen) atoms. The van der Waals surface area contributed by atoms with E-state index in [4.69, 9.17) is 12.2 Å². The van der Waals surface area contributed by atoms with Gasteiger partial charge in [0.05, 0.1) is 8.95 Å². The fraction of sp³-hybridized carbons (Fsp3) is 0.333. The third-order valence-corrected chi connectivity index (χ3v) is 3.70. The van der Waals surface area contributed by atoms with Crippen LogP contribution in [0.1, 0.15) is 26.2 Å². The van der Waals surface area contributed by atoms with Crippen LogP contribution in [0.4, 0.5) is 5.69 Å². The van der Waals surface area contributed by atoms with Crippen molar-refractivity contribution in [2.45, 2.75) is 26.2 Å². The largest absolute Gasteiger partial charge is 0.506 e. The van der Waals surface area contributed by atoms with Crippen molar-refractivity contribution in [3.63, 3.8) is 0 Å². The summed E-state index contributed by atoms with van der Waals surface area (Å²) in [7, 11) is 0. The molecule has 104 valence electrons. The van der Waals surface area contributed by atoms with Crippen molar-refractivity contribution in [3.8, 4) is 5.75 Å². The Morgan fingerprint density at radius 3 is 2.47 bits per heavy atom. The maximum atomic E-state index is 11.5. The van der Waals surface area contributed by atoms with Crippen LogP contribution in [0.5, 0.6) is 5.75 Å². The lowest BCUT2D eigenvalue weighted by molar-refractivity contribution is -0.119. The summed E-state index contributed by atoms with van der Waals surface area (Å²) in [5, 5.41) is 15.3. The molecule has 1 amide bonds. The van der Waals surface area contributed by atoms with Gasteiger partial charge in [0.25, 0.3) is 0 Å². The van der Waals surface area contributed by atoms with E-state index in [2.05, 4.69) is 42.5 Å². The lowest BCUT2D eigenvalue weighted by atomic mass is 10.2. The van der Waals surface area contributed by atoms with Crippen molar-refractivity contribution in [3.05, 3.63) is 21.1 Å².